The Bertz CT molecular complexity index is 1150. The molecule has 0 aliphatic rings. The Hall–Kier alpha value is -3.59. The monoisotopic (exact) mass is 335 g/mol. The van der Waals surface area contributed by atoms with Gasteiger partial charge in [0.1, 0.15) is 0 Å². The van der Waals surface area contributed by atoms with Crippen LogP contribution in [0.25, 0.3) is 39.5 Å². The predicted molar refractivity (Wildman–Crippen MR) is 106 cm³/mol. The average Bonchev–Trinajstić information content (AvgIpc) is 3.28. The number of H-pyrrole nitrogens is 1. The first-order valence-electron chi connectivity index (χ1n) is 8.67. The van der Waals surface area contributed by atoms with Crippen molar-refractivity contribution in [2.24, 2.45) is 0 Å². The van der Waals surface area contributed by atoms with Crippen molar-refractivity contribution >= 4 is 5.78 Å². The average molecular weight is 335 g/mol. The summed E-state index contributed by atoms with van der Waals surface area (Å²) in [5.74, 6) is 0.849. The fraction of sp³-hybridized carbons (Fsp3) is 0. The van der Waals surface area contributed by atoms with E-state index in [1.807, 2.05) is 42.5 Å². The van der Waals surface area contributed by atoms with Gasteiger partial charge >= 0.3 is 0 Å². The number of nitrogens with one attached hydrogen (secondary N) is 1. The molecule has 0 radical (unpaired) electrons. The molecule has 0 atom stereocenters. The molecule has 3 aromatic carbocycles. The molecule has 0 bridgehead atoms. The van der Waals surface area contributed by atoms with Gasteiger partial charge in [-0.1, -0.05) is 91.0 Å². The van der Waals surface area contributed by atoms with Crippen molar-refractivity contribution in [1.82, 2.24) is 14.4 Å². The zero-order valence-corrected chi connectivity index (χ0v) is 14.1. The van der Waals surface area contributed by atoms with Gasteiger partial charge in [0.15, 0.2) is 0 Å². The maximum Gasteiger partial charge on any atom is 0.212 e. The molecule has 26 heavy (non-hydrogen) atoms. The second-order valence-corrected chi connectivity index (χ2v) is 6.27. The number of benzene rings is 3. The lowest BCUT2D eigenvalue weighted by Gasteiger charge is -2.05. The van der Waals surface area contributed by atoms with Gasteiger partial charge in [0.25, 0.3) is 0 Å². The van der Waals surface area contributed by atoms with E-state index in [0.717, 1.165) is 39.5 Å². The molecular weight excluding hydrogens is 318 g/mol. The minimum Gasteiger partial charge on any atom is -0.323 e. The number of rotatable bonds is 3. The first-order valence-corrected chi connectivity index (χ1v) is 8.67. The standard InChI is InChI=1S/C23H17N3/c1-4-10-17(11-5-1)20-16-26-22(19-14-8-3-9-15-19)21(25-23(26)24-20)18-12-6-2-7-13-18/h1-16H,(H,24,25). The number of nitrogens with zero attached hydrogens (tertiary/aromatic N) is 2. The van der Waals surface area contributed by atoms with Crippen LogP contribution in [0.2, 0.25) is 0 Å². The summed E-state index contributed by atoms with van der Waals surface area (Å²) in [6.07, 6.45) is 2.13. The molecule has 124 valence electrons. The van der Waals surface area contributed by atoms with Crippen LogP contribution in [0.4, 0.5) is 0 Å². The Kier molecular flexibility index (Phi) is 3.42. The second kappa shape index (κ2) is 6.05. The summed E-state index contributed by atoms with van der Waals surface area (Å²) in [6.45, 7) is 0. The van der Waals surface area contributed by atoms with Crippen molar-refractivity contribution in [2.75, 3.05) is 0 Å². The fourth-order valence-electron chi connectivity index (χ4n) is 3.36. The summed E-state index contributed by atoms with van der Waals surface area (Å²) in [5.41, 5.74) is 6.57. The van der Waals surface area contributed by atoms with Crippen molar-refractivity contribution in [3.63, 3.8) is 0 Å². The summed E-state index contributed by atoms with van der Waals surface area (Å²) in [6, 6.07) is 31.1. The van der Waals surface area contributed by atoms with E-state index in [1.165, 1.54) is 0 Å². The van der Waals surface area contributed by atoms with E-state index in [0.29, 0.717) is 0 Å². The third kappa shape index (κ3) is 2.42. The van der Waals surface area contributed by atoms with Gasteiger partial charge in [-0.15, -0.1) is 0 Å². The quantitative estimate of drug-likeness (QED) is 0.453. The summed E-state index contributed by atoms with van der Waals surface area (Å²) >= 11 is 0. The predicted octanol–water partition coefficient (Wildman–Crippen LogP) is 5.66. The summed E-state index contributed by atoms with van der Waals surface area (Å²) in [7, 11) is 0. The van der Waals surface area contributed by atoms with Gasteiger partial charge in [-0.3, -0.25) is 4.40 Å². The lowest BCUT2D eigenvalue weighted by Crippen LogP contribution is -1.87. The van der Waals surface area contributed by atoms with Crippen LogP contribution in [-0.4, -0.2) is 14.4 Å². The van der Waals surface area contributed by atoms with Crippen molar-refractivity contribution in [3.05, 3.63) is 97.2 Å². The van der Waals surface area contributed by atoms with Gasteiger partial charge in [0.2, 0.25) is 5.78 Å². The van der Waals surface area contributed by atoms with E-state index in [1.54, 1.807) is 0 Å². The van der Waals surface area contributed by atoms with E-state index in [2.05, 4.69) is 64.1 Å². The number of hydrogen-bond donors (Lipinski definition) is 1. The Morgan fingerprint density at radius 3 is 1.77 bits per heavy atom. The molecule has 0 fully saturated rings. The van der Waals surface area contributed by atoms with Crippen LogP contribution < -0.4 is 0 Å². The Morgan fingerprint density at radius 1 is 0.615 bits per heavy atom. The van der Waals surface area contributed by atoms with E-state index in [4.69, 9.17) is 4.98 Å². The van der Waals surface area contributed by atoms with Crippen molar-refractivity contribution in [1.29, 1.82) is 0 Å². The highest BCUT2D eigenvalue weighted by atomic mass is 15.1. The van der Waals surface area contributed by atoms with Crippen LogP contribution in [0.15, 0.2) is 97.2 Å². The molecule has 3 heteroatoms. The Balaban J connectivity index is 1.77. The maximum atomic E-state index is 4.91. The Morgan fingerprint density at radius 2 is 1.15 bits per heavy atom. The van der Waals surface area contributed by atoms with E-state index in [9.17, 15) is 0 Å². The number of imidazole rings is 2. The van der Waals surface area contributed by atoms with Crippen LogP contribution in [0, 0.1) is 0 Å². The number of fused-ring (bicyclic) bond motifs is 1. The third-order valence-corrected chi connectivity index (χ3v) is 4.60. The fourth-order valence-corrected chi connectivity index (χ4v) is 3.36. The molecule has 0 spiro atoms. The van der Waals surface area contributed by atoms with Gasteiger partial charge in [-0.05, 0) is 5.56 Å². The van der Waals surface area contributed by atoms with E-state index < -0.39 is 0 Å². The SMILES string of the molecule is c1ccc(-c2cn3c(-c4ccccc4)c(-c4ccccc4)nc3[nH]2)cc1. The van der Waals surface area contributed by atoms with Gasteiger partial charge in [-0.2, -0.15) is 0 Å². The lowest BCUT2D eigenvalue weighted by molar-refractivity contribution is 1.21. The van der Waals surface area contributed by atoms with Crippen LogP contribution in [-0.2, 0) is 0 Å². The molecule has 0 aliphatic carbocycles. The molecule has 0 unspecified atom stereocenters. The molecule has 3 nitrogen and oxygen atoms in total. The molecular formula is C23H17N3. The first kappa shape index (κ1) is 14.7. The zero-order valence-electron chi connectivity index (χ0n) is 14.1. The molecule has 1 N–H and O–H groups in total. The van der Waals surface area contributed by atoms with Crippen LogP contribution in [0.3, 0.4) is 0 Å². The first-order chi connectivity index (χ1) is 12.9. The van der Waals surface area contributed by atoms with E-state index >= 15 is 0 Å². The maximum absolute atomic E-state index is 4.91. The normalized spacial score (nSPS) is 11.1. The topological polar surface area (TPSA) is 33.1 Å². The minimum absolute atomic E-state index is 0.849. The molecule has 0 saturated carbocycles. The number of aromatic nitrogens is 3. The molecule has 2 aromatic heterocycles. The smallest absolute Gasteiger partial charge is 0.212 e. The van der Waals surface area contributed by atoms with E-state index in [-0.39, 0.29) is 0 Å². The van der Waals surface area contributed by atoms with Gasteiger partial charge in [0, 0.05) is 17.3 Å². The minimum atomic E-state index is 0.849. The van der Waals surface area contributed by atoms with Crippen LogP contribution in [0.5, 0.6) is 0 Å². The Labute approximate surface area is 151 Å². The third-order valence-electron chi connectivity index (χ3n) is 4.60. The summed E-state index contributed by atoms with van der Waals surface area (Å²) in [4.78, 5) is 8.38. The summed E-state index contributed by atoms with van der Waals surface area (Å²) < 4.78 is 2.15. The van der Waals surface area contributed by atoms with Crippen molar-refractivity contribution in [2.45, 2.75) is 0 Å². The van der Waals surface area contributed by atoms with Crippen LogP contribution >= 0.6 is 0 Å². The molecule has 0 saturated heterocycles. The largest absolute Gasteiger partial charge is 0.323 e. The van der Waals surface area contributed by atoms with Crippen molar-refractivity contribution in [3.8, 4) is 33.8 Å². The molecule has 5 aromatic rings. The van der Waals surface area contributed by atoms with Gasteiger partial charge in [-0.25, -0.2) is 4.98 Å². The lowest BCUT2D eigenvalue weighted by atomic mass is 10.0. The number of aromatic amines is 1. The molecule has 5 rings (SSSR count). The van der Waals surface area contributed by atoms with Crippen LogP contribution in [0.1, 0.15) is 0 Å². The second-order valence-electron chi connectivity index (χ2n) is 6.27. The zero-order chi connectivity index (χ0) is 17.3. The molecule has 0 aliphatic heterocycles. The van der Waals surface area contributed by atoms with Gasteiger partial charge in [0.05, 0.1) is 17.1 Å². The molecule has 2 heterocycles. The summed E-state index contributed by atoms with van der Waals surface area (Å²) in [5, 5.41) is 0. The highest BCUT2D eigenvalue weighted by molar-refractivity contribution is 5.82. The van der Waals surface area contributed by atoms with Crippen molar-refractivity contribution < 1.29 is 0 Å². The van der Waals surface area contributed by atoms with Gasteiger partial charge < -0.3 is 4.98 Å². The highest BCUT2D eigenvalue weighted by Crippen LogP contribution is 2.33. The number of hydrogen-bond acceptors (Lipinski definition) is 1. The molecule has 0 amide bonds. The highest BCUT2D eigenvalue weighted by Gasteiger charge is 2.17.